The van der Waals surface area contributed by atoms with Gasteiger partial charge in [-0.2, -0.15) is 0 Å². The summed E-state index contributed by atoms with van der Waals surface area (Å²) in [7, 11) is 0. The smallest absolute Gasteiger partial charge is 0.330 e. The number of carboxylic acids is 1. The number of carbonyl (C=O) groups is 1. The number of rotatable bonds is 5. The van der Waals surface area contributed by atoms with Gasteiger partial charge in [-0.25, -0.2) is 4.79 Å². The van der Waals surface area contributed by atoms with Crippen molar-refractivity contribution in [1.82, 2.24) is 5.32 Å². The summed E-state index contributed by atoms with van der Waals surface area (Å²) in [6.45, 7) is 5.11. The fourth-order valence-corrected chi connectivity index (χ4v) is 1.27. The highest BCUT2D eigenvalue weighted by Gasteiger charge is 2.14. The zero-order valence-electron chi connectivity index (χ0n) is 7.58. The maximum atomic E-state index is 10.4. The van der Waals surface area contributed by atoms with Crippen molar-refractivity contribution in [1.29, 1.82) is 0 Å². The van der Waals surface area contributed by atoms with E-state index in [4.69, 9.17) is 9.84 Å². The number of hydrogen-bond acceptors (Lipinski definition) is 3. The van der Waals surface area contributed by atoms with E-state index >= 15 is 0 Å². The number of ether oxygens (including phenoxy) is 1. The number of nitrogens with one attached hydrogen (secondary N) is 1. The van der Waals surface area contributed by atoms with Crippen LogP contribution in [0.25, 0.3) is 0 Å². The fraction of sp³-hybridized carbons (Fsp3) is 0.667. The van der Waals surface area contributed by atoms with Gasteiger partial charge in [0.2, 0.25) is 0 Å². The molecular weight excluding hydrogens is 170 g/mol. The van der Waals surface area contributed by atoms with Crippen molar-refractivity contribution in [2.45, 2.75) is 25.5 Å². The Kier molecular flexibility index (Phi) is 3.92. The Labute approximate surface area is 77.6 Å². The summed E-state index contributed by atoms with van der Waals surface area (Å²) in [4.78, 5) is 10.4. The third-order valence-electron chi connectivity index (χ3n) is 2.04. The van der Waals surface area contributed by atoms with Gasteiger partial charge in [-0.05, 0) is 19.3 Å². The zero-order valence-corrected chi connectivity index (χ0v) is 7.58. The Morgan fingerprint density at radius 1 is 1.69 bits per heavy atom. The fourth-order valence-electron chi connectivity index (χ4n) is 1.27. The molecule has 1 heterocycles. The largest absolute Gasteiger partial charge is 0.478 e. The van der Waals surface area contributed by atoms with E-state index in [1.54, 1.807) is 0 Å². The Morgan fingerprint density at radius 2 is 2.46 bits per heavy atom. The van der Waals surface area contributed by atoms with Crippen LogP contribution in [0.15, 0.2) is 12.2 Å². The van der Waals surface area contributed by atoms with Crippen molar-refractivity contribution < 1.29 is 14.6 Å². The van der Waals surface area contributed by atoms with Gasteiger partial charge >= 0.3 is 5.97 Å². The molecule has 0 bridgehead atoms. The summed E-state index contributed by atoms with van der Waals surface area (Å²) >= 11 is 0. The minimum Gasteiger partial charge on any atom is -0.478 e. The molecular formula is C9H15NO3. The SMILES string of the molecule is C=C(CCCC1NCCO1)C(=O)O. The maximum absolute atomic E-state index is 10.4. The maximum Gasteiger partial charge on any atom is 0.330 e. The van der Waals surface area contributed by atoms with E-state index in [0.29, 0.717) is 6.42 Å². The van der Waals surface area contributed by atoms with Gasteiger partial charge in [-0.1, -0.05) is 6.58 Å². The molecule has 1 atom stereocenters. The van der Waals surface area contributed by atoms with E-state index in [0.717, 1.165) is 26.0 Å². The molecule has 74 valence electrons. The molecule has 1 aliphatic rings. The van der Waals surface area contributed by atoms with Gasteiger partial charge in [-0.15, -0.1) is 0 Å². The molecule has 2 N–H and O–H groups in total. The first-order valence-electron chi connectivity index (χ1n) is 4.46. The lowest BCUT2D eigenvalue weighted by atomic mass is 10.1. The van der Waals surface area contributed by atoms with Crippen LogP contribution in [0.3, 0.4) is 0 Å². The Bertz CT molecular complexity index is 197. The molecule has 0 radical (unpaired) electrons. The van der Waals surface area contributed by atoms with E-state index in [2.05, 4.69) is 11.9 Å². The van der Waals surface area contributed by atoms with E-state index in [1.807, 2.05) is 0 Å². The lowest BCUT2D eigenvalue weighted by molar-refractivity contribution is -0.132. The second-order valence-electron chi connectivity index (χ2n) is 3.11. The van der Waals surface area contributed by atoms with Gasteiger partial charge in [0.1, 0.15) is 6.23 Å². The number of carboxylic acid groups (broad SMARTS) is 1. The van der Waals surface area contributed by atoms with Crippen molar-refractivity contribution in [2.75, 3.05) is 13.2 Å². The van der Waals surface area contributed by atoms with Crippen molar-refractivity contribution in [3.8, 4) is 0 Å². The van der Waals surface area contributed by atoms with Gasteiger partial charge in [0, 0.05) is 12.1 Å². The first-order valence-corrected chi connectivity index (χ1v) is 4.46. The van der Waals surface area contributed by atoms with Crippen LogP contribution in [-0.2, 0) is 9.53 Å². The normalized spacial score (nSPS) is 21.7. The molecule has 1 rings (SSSR count). The molecule has 0 aliphatic carbocycles. The van der Waals surface area contributed by atoms with Crippen molar-refractivity contribution in [3.63, 3.8) is 0 Å². The Hall–Kier alpha value is -0.870. The highest BCUT2D eigenvalue weighted by atomic mass is 16.5. The minimum atomic E-state index is -0.903. The van der Waals surface area contributed by atoms with Crippen molar-refractivity contribution in [2.24, 2.45) is 0 Å². The summed E-state index contributed by atoms with van der Waals surface area (Å²) < 4.78 is 5.31. The first-order chi connectivity index (χ1) is 6.20. The minimum absolute atomic E-state index is 0.113. The summed E-state index contributed by atoms with van der Waals surface area (Å²) in [5.74, 6) is -0.903. The average Bonchev–Trinajstić information content (AvgIpc) is 2.56. The highest BCUT2D eigenvalue weighted by molar-refractivity contribution is 5.85. The molecule has 0 aromatic rings. The molecule has 13 heavy (non-hydrogen) atoms. The van der Waals surface area contributed by atoms with Crippen LogP contribution in [0, 0.1) is 0 Å². The Morgan fingerprint density at radius 3 is 3.00 bits per heavy atom. The Balaban J connectivity index is 2.06. The molecule has 0 saturated carbocycles. The topological polar surface area (TPSA) is 58.6 Å². The molecule has 1 saturated heterocycles. The van der Waals surface area contributed by atoms with Crippen molar-refractivity contribution in [3.05, 3.63) is 12.2 Å². The summed E-state index contributed by atoms with van der Waals surface area (Å²) in [6.07, 6.45) is 2.31. The van der Waals surface area contributed by atoms with Crippen LogP contribution in [0.1, 0.15) is 19.3 Å². The van der Waals surface area contributed by atoms with Crippen LogP contribution in [0.2, 0.25) is 0 Å². The highest BCUT2D eigenvalue weighted by Crippen LogP contribution is 2.10. The molecule has 1 unspecified atom stereocenters. The van der Waals surface area contributed by atoms with Gasteiger partial charge in [0.05, 0.1) is 6.61 Å². The predicted molar refractivity (Wildman–Crippen MR) is 48.4 cm³/mol. The summed E-state index contributed by atoms with van der Waals surface area (Å²) in [5.41, 5.74) is 0.276. The molecule has 0 aromatic heterocycles. The monoisotopic (exact) mass is 185 g/mol. The molecule has 1 fully saturated rings. The van der Waals surface area contributed by atoms with Crippen LogP contribution in [0.4, 0.5) is 0 Å². The molecule has 0 amide bonds. The second kappa shape index (κ2) is 4.99. The van der Waals surface area contributed by atoms with Gasteiger partial charge in [0.15, 0.2) is 0 Å². The van der Waals surface area contributed by atoms with Crippen LogP contribution in [-0.4, -0.2) is 30.5 Å². The lowest BCUT2D eigenvalue weighted by Crippen LogP contribution is -2.22. The van der Waals surface area contributed by atoms with Crippen LogP contribution < -0.4 is 5.32 Å². The zero-order chi connectivity index (χ0) is 9.68. The van der Waals surface area contributed by atoms with E-state index in [-0.39, 0.29) is 11.8 Å². The number of hydrogen-bond donors (Lipinski definition) is 2. The van der Waals surface area contributed by atoms with E-state index in [1.165, 1.54) is 0 Å². The summed E-state index contributed by atoms with van der Waals surface area (Å²) in [5, 5.41) is 11.7. The third kappa shape index (κ3) is 3.57. The van der Waals surface area contributed by atoms with E-state index in [9.17, 15) is 4.79 Å². The van der Waals surface area contributed by atoms with Gasteiger partial charge < -0.3 is 9.84 Å². The van der Waals surface area contributed by atoms with Gasteiger partial charge in [-0.3, -0.25) is 5.32 Å². The predicted octanol–water partition coefficient (Wildman–Crippen LogP) is 0.743. The van der Waals surface area contributed by atoms with Crippen molar-refractivity contribution >= 4 is 5.97 Å². The quantitative estimate of drug-likeness (QED) is 0.620. The van der Waals surface area contributed by atoms with Crippen LogP contribution >= 0.6 is 0 Å². The second-order valence-corrected chi connectivity index (χ2v) is 3.11. The molecule has 0 spiro atoms. The molecule has 4 heteroatoms. The van der Waals surface area contributed by atoms with Gasteiger partial charge in [0.25, 0.3) is 0 Å². The summed E-state index contributed by atoms with van der Waals surface area (Å²) in [6, 6.07) is 0. The van der Waals surface area contributed by atoms with E-state index < -0.39 is 5.97 Å². The lowest BCUT2D eigenvalue weighted by Gasteiger charge is -2.08. The third-order valence-corrected chi connectivity index (χ3v) is 2.04. The average molecular weight is 185 g/mol. The molecule has 1 aliphatic heterocycles. The number of aliphatic carboxylic acids is 1. The molecule has 0 aromatic carbocycles. The standard InChI is InChI=1S/C9H15NO3/c1-7(9(11)12)3-2-4-8-10-5-6-13-8/h8,10H,1-6H2,(H,11,12). The first kappa shape index (κ1) is 10.2. The molecule has 4 nitrogen and oxygen atoms in total. The van der Waals surface area contributed by atoms with Crippen LogP contribution in [0.5, 0.6) is 0 Å².